The van der Waals surface area contributed by atoms with Gasteiger partial charge >= 0.3 is 0 Å². The van der Waals surface area contributed by atoms with Crippen LogP contribution < -0.4 is 10.6 Å². The van der Waals surface area contributed by atoms with E-state index in [0.29, 0.717) is 11.7 Å². The first-order chi connectivity index (χ1) is 4.66. The molecule has 0 rings (SSSR count). The topological polar surface area (TPSA) is 47.8 Å². The monoisotopic (exact) mass is 155 g/mol. The number of nitrogens with zero attached hydrogens (tertiary/aromatic N) is 1. The Kier molecular flexibility index (Phi) is 4.25. The summed E-state index contributed by atoms with van der Waals surface area (Å²) in [7, 11) is 0. The summed E-state index contributed by atoms with van der Waals surface area (Å²) in [6.07, 6.45) is 1.71. The van der Waals surface area contributed by atoms with Gasteiger partial charge in [0.15, 0.2) is 11.3 Å². The van der Waals surface area contributed by atoms with Crippen LogP contribution in [0, 0.1) is 11.5 Å². The van der Waals surface area contributed by atoms with Gasteiger partial charge in [0.1, 0.15) is 0 Å². The van der Waals surface area contributed by atoms with E-state index < -0.39 is 0 Å². The highest BCUT2D eigenvalue weighted by atomic mass is 32.1. The van der Waals surface area contributed by atoms with Crippen LogP contribution in [0.2, 0.25) is 0 Å². The Bertz CT molecular complexity index is 180. The standard InChI is InChI=1S/C6H9N3S/c1-5(2)3-8-6(10)9-4-7/h1,3H2,2H3,(H2,8,9,10). The van der Waals surface area contributed by atoms with Crippen molar-refractivity contribution in [2.45, 2.75) is 6.92 Å². The van der Waals surface area contributed by atoms with E-state index in [1.54, 1.807) is 6.19 Å². The molecule has 0 aliphatic carbocycles. The molecule has 0 spiro atoms. The van der Waals surface area contributed by atoms with Crippen molar-refractivity contribution in [2.24, 2.45) is 0 Å². The molecule has 0 radical (unpaired) electrons. The van der Waals surface area contributed by atoms with Gasteiger partial charge < -0.3 is 5.32 Å². The van der Waals surface area contributed by atoms with Gasteiger partial charge in [0.25, 0.3) is 0 Å². The summed E-state index contributed by atoms with van der Waals surface area (Å²) in [5.74, 6) is 0. The van der Waals surface area contributed by atoms with Gasteiger partial charge in [0, 0.05) is 6.54 Å². The van der Waals surface area contributed by atoms with Crippen molar-refractivity contribution >= 4 is 17.3 Å². The largest absolute Gasteiger partial charge is 0.358 e. The third kappa shape index (κ3) is 5.06. The first kappa shape index (κ1) is 8.92. The van der Waals surface area contributed by atoms with E-state index >= 15 is 0 Å². The highest BCUT2D eigenvalue weighted by molar-refractivity contribution is 7.80. The molecule has 0 saturated heterocycles. The van der Waals surface area contributed by atoms with Crippen LogP contribution in [0.4, 0.5) is 0 Å². The maximum Gasteiger partial charge on any atom is 0.183 e. The molecule has 0 unspecified atom stereocenters. The second-order valence-corrected chi connectivity index (χ2v) is 2.28. The molecule has 0 saturated carbocycles. The van der Waals surface area contributed by atoms with E-state index in [-0.39, 0.29) is 0 Å². The van der Waals surface area contributed by atoms with Gasteiger partial charge in [0.05, 0.1) is 0 Å². The summed E-state index contributed by atoms with van der Waals surface area (Å²) in [6.45, 7) is 6.14. The number of nitriles is 1. The Hall–Kier alpha value is -1.08. The Balaban J connectivity index is 3.42. The Morgan fingerprint density at radius 3 is 2.80 bits per heavy atom. The van der Waals surface area contributed by atoms with Gasteiger partial charge in [-0.15, -0.1) is 0 Å². The van der Waals surface area contributed by atoms with Gasteiger partial charge in [-0.2, -0.15) is 5.26 Å². The molecule has 0 bridgehead atoms. The zero-order valence-electron chi connectivity index (χ0n) is 5.77. The molecule has 3 nitrogen and oxygen atoms in total. The molecular weight excluding hydrogens is 146 g/mol. The molecule has 0 aromatic carbocycles. The summed E-state index contributed by atoms with van der Waals surface area (Å²) < 4.78 is 0. The average Bonchev–Trinajstić information content (AvgIpc) is 1.85. The molecule has 10 heavy (non-hydrogen) atoms. The Morgan fingerprint density at radius 1 is 1.80 bits per heavy atom. The summed E-state index contributed by atoms with van der Waals surface area (Å²) >= 11 is 4.69. The minimum absolute atomic E-state index is 0.338. The molecule has 0 aromatic rings. The molecule has 2 N–H and O–H groups in total. The zero-order chi connectivity index (χ0) is 7.98. The Labute approximate surface area is 65.7 Å². The van der Waals surface area contributed by atoms with Crippen molar-refractivity contribution in [2.75, 3.05) is 6.54 Å². The van der Waals surface area contributed by atoms with Gasteiger partial charge in [-0.1, -0.05) is 12.2 Å². The number of hydrogen-bond acceptors (Lipinski definition) is 2. The fourth-order valence-electron chi connectivity index (χ4n) is 0.326. The lowest BCUT2D eigenvalue weighted by molar-refractivity contribution is 0.969. The van der Waals surface area contributed by atoms with Crippen molar-refractivity contribution < 1.29 is 0 Å². The lowest BCUT2D eigenvalue weighted by Crippen LogP contribution is -2.32. The molecule has 0 aliphatic rings. The molecule has 0 aromatic heterocycles. The van der Waals surface area contributed by atoms with Crippen molar-refractivity contribution in [3.63, 3.8) is 0 Å². The van der Waals surface area contributed by atoms with Crippen molar-refractivity contribution in [1.29, 1.82) is 5.26 Å². The number of hydrogen-bond donors (Lipinski definition) is 2. The molecule has 0 atom stereocenters. The first-order valence-electron chi connectivity index (χ1n) is 2.74. The predicted octanol–water partition coefficient (Wildman–Crippen LogP) is 0.508. The lowest BCUT2D eigenvalue weighted by atomic mass is 10.3. The van der Waals surface area contributed by atoms with Gasteiger partial charge in [-0.3, -0.25) is 5.32 Å². The quantitative estimate of drug-likeness (QED) is 0.264. The number of nitrogens with one attached hydrogen (secondary N) is 2. The summed E-state index contributed by atoms with van der Waals surface area (Å²) in [5.41, 5.74) is 0.974. The van der Waals surface area contributed by atoms with Crippen LogP contribution in [0.1, 0.15) is 6.92 Å². The highest BCUT2D eigenvalue weighted by Gasteiger charge is 1.90. The lowest BCUT2D eigenvalue weighted by Gasteiger charge is -2.03. The van der Waals surface area contributed by atoms with Crippen molar-refractivity contribution in [3.8, 4) is 6.19 Å². The fraction of sp³-hybridized carbons (Fsp3) is 0.333. The molecule has 4 heteroatoms. The smallest absolute Gasteiger partial charge is 0.183 e. The van der Waals surface area contributed by atoms with Crippen molar-refractivity contribution in [1.82, 2.24) is 10.6 Å². The minimum Gasteiger partial charge on any atom is -0.358 e. The van der Waals surface area contributed by atoms with Gasteiger partial charge in [-0.25, -0.2) is 0 Å². The summed E-state index contributed by atoms with van der Waals surface area (Å²) in [6, 6.07) is 0. The molecule has 0 aliphatic heterocycles. The minimum atomic E-state index is 0.338. The van der Waals surface area contributed by atoms with Crippen molar-refractivity contribution in [3.05, 3.63) is 12.2 Å². The molecule has 0 amide bonds. The fourth-order valence-corrected chi connectivity index (χ4v) is 0.444. The van der Waals surface area contributed by atoms with Gasteiger partial charge in [0.2, 0.25) is 0 Å². The van der Waals surface area contributed by atoms with Gasteiger partial charge in [-0.05, 0) is 19.1 Å². The first-order valence-corrected chi connectivity index (χ1v) is 3.15. The predicted molar refractivity (Wildman–Crippen MR) is 44.2 cm³/mol. The normalized spacial score (nSPS) is 7.60. The molecule has 0 fully saturated rings. The molecule has 54 valence electrons. The molecular formula is C6H9N3S. The maximum atomic E-state index is 8.09. The van der Waals surface area contributed by atoms with Crippen LogP contribution in [-0.4, -0.2) is 11.7 Å². The maximum absolute atomic E-state index is 8.09. The summed E-state index contributed by atoms with van der Waals surface area (Å²) in [4.78, 5) is 0. The number of rotatable bonds is 2. The van der Waals surface area contributed by atoms with E-state index in [1.807, 2.05) is 6.92 Å². The third-order valence-corrected chi connectivity index (χ3v) is 0.967. The second-order valence-electron chi connectivity index (χ2n) is 1.88. The highest BCUT2D eigenvalue weighted by Crippen LogP contribution is 1.80. The van der Waals surface area contributed by atoms with Crippen LogP contribution in [0.5, 0.6) is 0 Å². The van der Waals surface area contributed by atoms with E-state index in [1.165, 1.54) is 0 Å². The van der Waals surface area contributed by atoms with E-state index in [0.717, 1.165) is 5.57 Å². The second kappa shape index (κ2) is 4.77. The van der Waals surface area contributed by atoms with Crippen LogP contribution in [-0.2, 0) is 0 Å². The van der Waals surface area contributed by atoms with E-state index in [2.05, 4.69) is 29.4 Å². The number of thiocarbonyl (C=S) groups is 1. The summed E-state index contributed by atoms with van der Waals surface area (Å²) in [5, 5.41) is 13.5. The van der Waals surface area contributed by atoms with Crippen LogP contribution >= 0.6 is 12.2 Å². The van der Waals surface area contributed by atoms with Crippen LogP contribution in [0.3, 0.4) is 0 Å². The van der Waals surface area contributed by atoms with Crippen LogP contribution in [0.25, 0.3) is 0 Å². The molecule has 0 heterocycles. The van der Waals surface area contributed by atoms with Crippen LogP contribution in [0.15, 0.2) is 12.2 Å². The van der Waals surface area contributed by atoms with E-state index in [9.17, 15) is 0 Å². The van der Waals surface area contributed by atoms with E-state index in [4.69, 9.17) is 5.26 Å². The average molecular weight is 155 g/mol. The Morgan fingerprint density at radius 2 is 2.40 bits per heavy atom. The zero-order valence-corrected chi connectivity index (χ0v) is 6.59. The third-order valence-electron chi connectivity index (χ3n) is 0.720. The SMILES string of the molecule is C=C(C)CNC(=S)NC#N.